The van der Waals surface area contributed by atoms with Crippen LogP contribution in [0.4, 0.5) is 0 Å². The van der Waals surface area contributed by atoms with Gasteiger partial charge in [-0.05, 0) is 57.7 Å². The Hall–Kier alpha value is -1.01. The first-order valence-corrected chi connectivity index (χ1v) is 13.5. The Balaban J connectivity index is 2.44. The number of rotatable bonds is 7. The van der Waals surface area contributed by atoms with Crippen LogP contribution in [0.5, 0.6) is 0 Å². The molecule has 0 aromatic carbocycles. The van der Waals surface area contributed by atoms with Gasteiger partial charge in [0, 0.05) is 0 Å². The zero-order valence-electron chi connectivity index (χ0n) is 19.6. The first kappa shape index (κ1) is 24.3. The van der Waals surface area contributed by atoms with E-state index in [1.54, 1.807) is 6.08 Å². The fourth-order valence-electron chi connectivity index (χ4n) is 4.41. The van der Waals surface area contributed by atoms with E-state index in [0.29, 0.717) is 12.8 Å². The summed E-state index contributed by atoms with van der Waals surface area (Å²) in [4.78, 5) is 13.8. The van der Waals surface area contributed by atoms with E-state index >= 15 is 0 Å². The summed E-state index contributed by atoms with van der Waals surface area (Å²) in [5.74, 6) is -0.210. The summed E-state index contributed by atoms with van der Waals surface area (Å²) in [6.45, 7) is 24.9. The zero-order chi connectivity index (χ0) is 22.4. The lowest BCUT2D eigenvalue weighted by molar-refractivity contribution is -0.155. The van der Waals surface area contributed by atoms with Gasteiger partial charge in [-0.25, -0.2) is 0 Å². The molecule has 29 heavy (non-hydrogen) atoms. The van der Waals surface area contributed by atoms with E-state index in [4.69, 9.17) is 9.16 Å². The Kier molecular flexibility index (Phi) is 6.62. The molecule has 2 bridgehead atoms. The lowest BCUT2D eigenvalue weighted by atomic mass is 9.57. The third kappa shape index (κ3) is 3.99. The summed E-state index contributed by atoms with van der Waals surface area (Å²) in [5, 5.41) is 11.2. The summed E-state index contributed by atoms with van der Waals surface area (Å²) in [5.41, 5.74) is -0.111. The highest BCUT2D eigenvalue weighted by atomic mass is 28.4. The van der Waals surface area contributed by atoms with Gasteiger partial charge in [-0.1, -0.05) is 57.2 Å². The minimum absolute atomic E-state index is 0.0325. The molecular formula is C24H40O4Si. The van der Waals surface area contributed by atoms with E-state index in [0.717, 1.165) is 11.1 Å². The van der Waals surface area contributed by atoms with Gasteiger partial charge in [-0.2, -0.15) is 0 Å². The lowest BCUT2D eigenvalue weighted by Gasteiger charge is -2.50. The van der Waals surface area contributed by atoms with Crippen molar-refractivity contribution in [2.45, 2.75) is 90.3 Å². The lowest BCUT2D eigenvalue weighted by Crippen LogP contribution is -2.63. The van der Waals surface area contributed by atoms with Crippen molar-refractivity contribution < 1.29 is 19.1 Å². The Morgan fingerprint density at radius 1 is 1.41 bits per heavy atom. The van der Waals surface area contributed by atoms with Gasteiger partial charge in [-0.3, -0.25) is 4.79 Å². The quantitative estimate of drug-likeness (QED) is 0.349. The number of carbonyl (C=O) groups is 1. The van der Waals surface area contributed by atoms with Gasteiger partial charge < -0.3 is 14.3 Å². The van der Waals surface area contributed by atoms with E-state index in [9.17, 15) is 9.90 Å². The number of aliphatic hydroxyl groups excluding tert-OH is 1. The van der Waals surface area contributed by atoms with Gasteiger partial charge in [0.05, 0.1) is 24.2 Å². The number of hydrogen-bond donors (Lipinski definition) is 1. The molecule has 0 amide bonds. The van der Waals surface area contributed by atoms with Gasteiger partial charge in [0.2, 0.25) is 0 Å². The van der Waals surface area contributed by atoms with E-state index in [-0.39, 0.29) is 29.5 Å². The fraction of sp³-hybridized carbons (Fsp3) is 0.708. The molecule has 4 nitrogen and oxygen atoms in total. The maximum atomic E-state index is 13.8. The van der Waals surface area contributed by atoms with Crippen LogP contribution in [-0.4, -0.2) is 43.6 Å². The molecule has 1 aliphatic heterocycles. The van der Waals surface area contributed by atoms with Crippen LogP contribution in [0.2, 0.25) is 18.1 Å². The minimum Gasteiger partial charge on any atom is -0.411 e. The summed E-state index contributed by atoms with van der Waals surface area (Å²) >= 11 is 0. The van der Waals surface area contributed by atoms with Crippen LogP contribution in [0.15, 0.2) is 36.5 Å². The molecule has 0 aromatic heterocycles. The topological polar surface area (TPSA) is 55.8 Å². The molecule has 0 unspecified atom stereocenters. The number of ether oxygens (including phenoxy) is 1. The van der Waals surface area contributed by atoms with Crippen LogP contribution in [-0.2, 0) is 14.0 Å². The minimum atomic E-state index is -2.10. The van der Waals surface area contributed by atoms with Crippen molar-refractivity contribution in [3.63, 3.8) is 0 Å². The van der Waals surface area contributed by atoms with Gasteiger partial charge in [-0.15, -0.1) is 0 Å². The van der Waals surface area contributed by atoms with Crippen LogP contribution < -0.4 is 0 Å². The molecular weight excluding hydrogens is 380 g/mol. The zero-order valence-corrected chi connectivity index (χ0v) is 20.6. The summed E-state index contributed by atoms with van der Waals surface area (Å²) in [6, 6.07) is 0. The Morgan fingerprint density at radius 2 is 2.00 bits per heavy atom. The predicted molar refractivity (Wildman–Crippen MR) is 121 cm³/mol. The molecule has 1 saturated carbocycles. The summed E-state index contributed by atoms with van der Waals surface area (Å²) < 4.78 is 12.9. The van der Waals surface area contributed by atoms with Gasteiger partial charge >= 0.3 is 0 Å². The highest BCUT2D eigenvalue weighted by Gasteiger charge is 2.69. The van der Waals surface area contributed by atoms with Crippen molar-refractivity contribution in [1.29, 1.82) is 0 Å². The highest BCUT2D eigenvalue weighted by Crippen LogP contribution is 2.56. The van der Waals surface area contributed by atoms with E-state index in [1.807, 2.05) is 26.8 Å². The second kappa shape index (κ2) is 7.91. The standard InChI is InChI=1S/C24H40O4Si/c1-11-17(4)12-13-19(25)24-15-27-23(8,21(24)26)20(14-18(24)16(2)3)28-29(9,10)22(5,6)7/h11-12,18-20,25H,1-2,13-15H2,3-10H3/b17-12+/t18-,19-,20+,23-,24+/m1/s1. The van der Waals surface area contributed by atoms with Crippen LogP contribution in [0.3, 0.4) is 0 Å². The first-order chi connectivity index (χ1) is 13.1. The molecule has 2 rings (SSSR count). The Bertz CT molecular complexity index is 717. The number of ketones is 1. The number of allylic oxidation sites excluding steroid dienone is 3. The second-order valence-electron chi connectivity index (χ2n) is 10.7. The monoisotopic (exact) mass is 420 g/mol. The predicted octanol–water partition coefficient (Wildman–Crippen LogP) is 5.20. The van der Waals surface area contributed by atoms with Crippen molar-refractivity contribution in [3.8, 4) is 0 Å². The maximum Gasteiger partial charge on any atom is 0.192 e. The molecule has 2 aliphatic rings. The van der Waals surface area contributed by atoms with Crippen molar-refractivity contribution >= 4 is 14.1 Å². The van der Waals surface area contributed by atoms with Gasteiger partial charge in [0.15, 0.2) is 14.1 Å². The van der Waals surface area contributed by atoms with Gasteiger partial charge in [0.1, 0.15) is 5.60 Å². The average molecular weight is 421 g/mol. The molecule has 0 aromatic rings. The van der Waals surface area contributed by atoms with E-state index in [1.165, 1.54) is 0 Å². The molecule has 0 spiro atoms. The Morgan fingerprint density at radius 3 is 2.48 bits per heavy atom. The molecule has 1 N–H and O–H groups in total. The highest BCUT2D eigenvalue weighted by molar-refractivity contribution is 6.74. The third-order valence-electron chi connectivity index (χ3n) is 7.59. The molecule has 2 fully saturated rings. The number of aliphatic hydroxyl groups is 1. The molecule has 1 heterocycles. The van der Waals surface area contributed by atoms with E-state index < -0.39 is 25.4 Å². The third-order valence-corrected chi connectivity index (χ3v) is 12.1. The van der Waals surface area contributed by atoms with Crippen molar-refractivity contribution in [2.75, 3.05) is 6.61 Å². The van der Waals surface area contributed by atoms with Crippen LogP contribution in [0, 0.1) is 11.3 Å². The second-order valence-corrected chi connectivity index (χ2v) is 15.4. The summed E-state index contributed by atoms with van der Waals surface area (Å²) in [6.07, 6.45) is 3.56. The fourth-order valence-corrected chi connectivity index (χ4v) is 5.80. The molecule has 5 atom stereocenters. The molecule has 0 radical (unpaired) electrons. The van der Waals surface area contributed by atoms with Crippen LogP contribution >= 0.6 is 0 Å². The van der Waals surface area contributed by atoms with Crippen molar-refractivity contribution in [2.24, 2.45) is 11.3 Å². The van der Waals surface area contributed by atoms with Gasteiger partial charge in [0.25, 0.3) is 0 Å². The summed E-state index contributed by atoms with van der Waals surface area (Å²) in [7, 11) is -2.10. The average Bonchev–Trinajstić information content (AvgIpc) is 2.79. The number of Topliss-reactive ketones (excluding diaryl/α,β-unsaturated/α-hetero) is 1. The SMILES string of the molecule is C=C/C(C)=C/C[C@@H](O)[C@@]12CO[C@@](C)(C1=O)[C@@H](O[Si](C)(C)C(C)(C)C)C[C@@H]2C(=C)C. The molecule has 164 valence electrons. The number of fused-ring (bicyclic) bond motifs is 2. The van der Waals surface area contributed by atoms with E-state index in [2.05, 4.69) is 47.0 Å². The maximum absolute atomic E-state index is 13.8. The molecule has 5 heteroatoms. The van der Waals surface area contributed by atoms with Crippen molar-refractivity contribution in [3.05, 3.63) is 36.5 Å². The first-order valence-electron chi connectivity index (χ1n) is 10.6. The molecule has 1 saturated heterocycles. The van der Waals surface area contributed by atoms with Crippen LogP contribution in [0.1, 0.15) is 54.4 Å². The smallest absolute Gasteiger partial charge is 0.192 e. The normalized spacial score (nSPS) is 34.2. The largest absolute Gasteiger partial charge is 0.411 e. The van der Waals surface area contributed by atoms with Crippen molar-refractivity contribution in [1.82, 2.24) is 0 Å². The molecule has 1 aliphatic carbocycles. The number of carbonyl (C=O) groups excluding carboxylic acids is 1. The number of hydrogen-bond acceptors (Lipinski definition) is 4. The van der Waals surface area contributed by atoms with Crippen LogP contribution in [0.25, 0.3) is 0 Å². The Labute approximate surface area is 178 Å².